The first-order valence-corrected chi connectivity index (χ1v) is 10.2. The SMILES string of the molecule is Cc1ccc2nc(-c3n[nH]c4ccc(OC(C)c5c(Cl)cncc5Cl)cc34)[nH]c2c1. The molecule has 0 aliphatic carbocycles. The molecule has 3 aromatic heterocycles. The molecule has 2 aromatic carbocycles. The first kappa shape index (κ1) is 18.9. The highest BCUT2D eigenvalue weighted by atomic mass is 35.5. The number of benzene rings is 2. The molecule has 0 saturated carbocycles. The van der Waals surface area contributed by atoms with Gasteiger partial charge >= 0.3 is 0 Å². The molecule has 5 aromatic rings. The van der Waals surface area contributed by atoms with Crippen LogP contribution in [0.2, 0.25) is 10.0 Å². The Bertz CT molecular complexity index is 1370. The van der Waals surface area contributed by atoms with Crippen molar-refractivity contribution in [3.8, 4) is 17.3 Å². The average Bonchev–Trinajstić information content (AvgIpc) is 3.30. The molecule has 150 valence electrons. The summed E-state index contributed by atoms with van der Waals surface area (Å²) in [5.74, 6) is 1.38. The molecule has 8 heteroatoms. The van der Waals surface area contributed by atoms with Crippen molar-refractivity contribution in [2.24, 2.45) is 0 Å². The smallest absolute Gasteiger partial charge is 0.159 e. The summed E-state index contributed by atoms with van der Waals surface area (Å²) in [7, 11) is 0. The maximum absolute atomic E-state index is 6.27. The predicted octanol–water partition coefficient (Wildman–Crippen LogP) is 6.26. The van der Waals surface area contributed by atoms with E-state index in [1.54, 1.807) is 12.4 Å². The number of halogens is 2. The molecule has 30 heavy (non-hydrogen) atoms. The Morgan fingerprint density at radius 2 is 1.80 bits per heavy atom. The molecule has 5 rings (SSSR count). The number of H-pyrrole nitrogens is 2. The quantitative estimate of drug-likeness (QED) is 0.347. The second-order valence-corrected chi connectivity index (χ2v) is 7.98. The monoisotopic (exact) mass is 437 g/mol. The number of rotatable bonds is 4. The molecule has 1 unspecified atom stereocenters. The minimum Gasteiger partial charge on any atom is -0.486 e. The molecule has 0 bridgehead atoms. The van der Waals surface area contributed by atoms with Crippen molar-refractivity contribution >= 4 is 45.1 Å². The third kappa shape index (κ3) is 3.28. The van der Waals surface area contributed by atoms with Gasteiger partial charge in [-0.2, -0.15) is 5.10 Å². The number of fused-ring (bicyclic) bond motifs is 2. The number of nitrogens with one attached hydrogen (secondary N) is 2. The van der Waals surface area contributed by atoms with Crippen LogP contribution in [0.3, 0.4) is 0 Å². The van der Waals surface area contributed by atoms with E-state index in [2.05, 4.69) is 38.1 Å². The van der Waals surface area contributed by atoms with E-state index in [0.29, 0.717) is 27.2 Å². The summed E-state index contributed by atoms with van der Waals surface area (Å²) >= 11 is 12.5. The highest BCUT2D eigenvalue weighted by molar-refractivity contribution is 6.35. The molecular weight excluding hydrogens is 421 g/mol. The van der Waals surface area contributed by atoms with Crippen molar-refractivity contribution in [3.05, 3.63) is 70.0 Å². The summed E-state index contributed by atoms with van der Waals surface area (Å²) in [6, 6.07) is 11.9. The number of pyridine rings is 1. The van der Waals surface area contributed by atoms with Gasteiger partial charge in [0.05, 0.1) is 26.6 Å². The molecule has 2 N–H and O–H groups in total. The van der Waals surface area contributed by atoms with Gasteiger partial charge in [-0.05, 0) is 49.7 Å². The van der Waals surface area contributed by atoms with Crippen LogP contribution in [-0.2, 0) is 0 Å². The van der Waals surface area contributed by atoms with E-state index in [4.69, 9.17) is 27.9 Å². The maximum atomic E-state index is 6.27. The van der Waals surface area contributed by atoms with Crippen LogP contribution in [0.4, 0.5) is 0 Å². The van der Waals surface area contributed by atoms with E-state index in [-0.39, 0.29) is 6.10 Å². The van der Waals surface area contributed by atoms with Crippen molar-refractivity contribution in [2.45, 2.75) is 20.0 Å². The molecule has 0 fully saturated rings. The van der Waals surface area contributed by atoms with Crippen LogP contribution < -0.4 is 4.74 Å². The first-order valence-electron chi connectivity index (χ1n) is 9.40. The number of aromatic nitrogens is 5. The number of aromatic amines is 2. The second-order valence-electron chi connectivity index (χ2n) is 7.16. The van der Waals surface area contributed by atoms with E-state index in [9.17, 15) is 0 Å². The van der Waals surface area contributed by atoms with E-state index >= 15 is 0 Å². The molecule has 0 aliphatic heterocycles. The fourth-order valence-corrected chi connectivity index (χ4v) is 4.23. The van der Waals surface area contributed by atoms with Crippen molar-refractivity contribution < 1.29 is 4.74 Å². The lowest BCUT2D eigenvalue weighted by Crippen LogP contribution is -2.05. The lowest BCUT2D eigenvalue weighted by molar-refractivity contribution is 0.227. The van der Waals surface area contributed by atoms with Gasteiger partial charge in [0.25, 0.3) is 0 Å². The zero-order chi connectivity index (χ0) is 20.8. The fraction of sp³-hybridized carbons (Fsp3) is 0.136. The molecule has 0 amide bonds. The Hall–Kier alpha value is -3.09. The van der Waals surface area contributed by atoms with Crippen LogP contribution in [-0.4, -0.2) is 25.1 Å². The summed E-state index contributed by atoms with van der Waals surface area (Å²) in [6.07, 6.45) is 2.77. The minimum absolute atomic E-state index is 0.352. The zero-order valence-corrected chi connectivity index (χ0v) is 17.7. The molecule has 3 heterocycles. The molecule has 0 saturated heterocycles. The second kappa shape index (κ2) is 7.31. The van der Waals surface area contributed by atoms with Gasteiger partial charge in [0.15, 0.2) is 5.82 Å². The van der Waals surface area contributed by atoms with Crippen LogP contribution in [0, 0.1) is 6.92 Å². The topological polar surface area (TPSA) is 79.5 Å². The largest absolute Gasteiger partial charge is 0.486 e. The van der Waals surface area contributed by atoms with Crippen molar-refractivity contribution in [1.82, 2.24) is 25.1 Å². The van der Waals surface area contributed by atoms with E-state index in [1.165, 1.54) is 5.56 Å². The lowest BCUT2D eigenvalue weighted by atomic mass is 10.1. The van der Waals surface area contributed by atoms with Crippen molar-refractivity contribution in [3.63, 3.8) is 0 Å². The minimum atomic E-state index is -0.352. The van der Waals surface area contributed by atoms with Crippen molar-refractivity contribution in [1.29, 1.82) is 0 Å². The van der Waals surface area contributed by atoms with Gasteiger partial charge in [-0.15, -0.1) is 0 Å². The molecule has 6 nitrogen and oxygen atoms in total. The van der Waals surface area contributed by atoms with Crippen LogP contribution in [0.25, 0.3) is 33.5 Å². The molecular formula is C22H17Cl2N5O. The van der Waals surface area contributed by atoms with Gasteiger partial charge in [0.2, 0.25) is 0 Å². The number of aryl methyl sites for hydroxylation is 1. The van der Waals surface area contributed by atoms with E-state index < -0.39 is 0 Å². The number of ether oxygens (including phenoxy) is 1. The number of imidazole rings is 1. The highest BCUT2D eigenvalue weighted by Crippen LogP contribution is 2.34. The fourth-order valence-electron chi connectivity index (χ4n) is 3.56. The summed E-state index contributed by atoms with van der Waals surface area (Å²) in [5, 5.41) is 9.37. The highest BCUT2D eigenvalue weighted by Gasteiger charge is 2.18. The predicted molar refractivity (Wildman–Crippen MR) is 119 cm³/mol. The number of nitrogens with zero attached hydrogens (tertiary/aromatic N) is 3. The van der Waals surface area contributed by atoms with Gasteiger partial charge in [0.1, 0.15) is 17.5 Å². The number of hydrogen-bond donors (Lipinski definition) is 2. The van der Waals surface area contributed by atoms with E-state index in [1.807, 2.05) is 37.3 Å². The van der Waals surface area contributed by atoms with Crippen molar-refractivity contribution in [2.75, 3.05) is 0 Å². The Balaban J connectivity index is 1.52. The van der Waals surface area contributed by atoms with Crippen LogP contribution >= 0.6 is 23.2 Å². The summed E-state index contributed by atoms with van der Waals surface area (Å²) in [4.78, 5) is 12.0. The molecule has 0 spiro atoms. The Morgan fingerprint density at radius 3 is 2.60 bits per heavy atom. The number of hydrogen-bond acceptors (Lipinski definition) is 4. The van der Waals surface area contributed by atoms with Crippen LogP contribution in [0.15, 0.2) is 48.8 Å². The maximum Gasteiger partial charge on any atom is 0.159 e. The Morgan fingerprint density at radius 1 is 1.00 bits per heavy atom. The third-order valence-electron chi connectivity index (χ3n) is 5.01. The lowest BCUT2D eigenvalue weighted by Gasteiger charge is -2.17. The standard InChI is InChI=1S/C22H17Cl2N5O/c1-11-3-5-18-19(7-11)27-22(26-18)21-14-8-13(4-6-17(14)28-29-21)30-12(2)20-15(23)9-25-10-16(20)24/h3-10,12H,1-2H3,(H,26,27)(H,28,29). The van der Waals surface area contributed by atoms with E-state index in [0.717, 1.165) is 27.6 Å². The third-order valence-corrected chi connectivity index (χ3v) is 5.61. The molecule has 0 aliphatic rings. The molecule has 0 radical (unpaired) electrons. The van der Waals surface area contributed by atoms with Gasteiger partial charge in [-0.1, -0.05) is 29.3 Å². The summed E-state index contributed by atoms with van der Waals surface area (Å²) in [5.41, 5.74) is 5.37. The van der Waals surface area contributed by atoms with Gasteiger partial charge in [0, 0.05) is 23.3 Å². The first-order chi connectivity index (χ1) is 14.5. The zero-order valence-electron chi connectivity index (χ0n) is 16.2. The molecule has 1 atom stereocenters. The summed E-state index contributed by atoms with van der Waals surface area (Å²) in [6.45, 7) is 3.95. The normalized spacial score (nSPS) is 12.5. The Kier molecular flexibility index (Phi) is 4.60. The average molecular weight is 438 g/mol. The van der Waals surface area contributed by atoms with Gasteiger partial charge < -0.3 is 9.72 Å². The van der Waals surface area contributed by atoms with Crippen LogP contribution in [0.5, 0.6) is 5.75 Å². The summed E-state index contributed by atoms with van der Waals surface area (Å²) < 4.78 is 6.14. The van der Waals surface area contributed by atoms with Gasteiger partial charge in [-0.3, -0.25) is 10.1 Å². The Labute approximate surface area is 182 Å². The van der Waals surface area contributed by atoms with Crippen LogP contribution in [0.1, 0.15) is 24.2 Å². The van der Waals surface area contributed by atoms with Gasteiger partial charge in [-0.25, -0.2) is 4.98 Å².